The van der Waals surface area contributed by atoms with Crippen molar-refractivity contribution in [3.8, 4) is 0 Å². The van der Waals surface area contributed by atoms with Crippen LogP contribution in [0.2, 0.25) is 0 Å². The molecule has 8 heteroatoms. The topological polar surface area (TPSA) is 85.4 Å². The Hall–Kier alpha value is -3.39. The minimum Gasteiger partial charge on any atom is -0.342 e. The molecule has 0 bridgehead atoms. The standard InChI is InChI=1S/C22H19N3O4S/c1-14(2)24-21(26)20(30-22(24)27)11-16-13-23(19-9-4-3-8-18(16)19)12-15-6-5-7-17(10-15)25(28)29/h3-11,13-14H,12H2,1-2H3/b20-11+. The summed E-state index contributed by atoms with van der Waals surface area (Å²) in [5.74, 6) is -0.282. The zero-order chi connectivity index (χ0) is 21.4. The molecule has 2 aromatic carbocycles. The molecule has 0 aliphatic carbocycles. The van der Waals surface area contributed by atoms with Gasteiger partial charge in [0.25, 0.3) is 16.8 Å². The minimum atomic E-state index is -0.409. The SMILES string of the molecule is CC(C)N1C(=O)S/C(=C/c2cn(Cc3cccc([N+](=O)[O-])c3)c3ccccc23)C1=O. The molecule has 4 rings (SSSR count). The first-order chi connectivity index (χ1) is 14.3. The largest absolute Gasteiger partial charge is 0.342 e. The summed E-state index contributed by atoms with van der Waals surface area (Å²) in [5.41, 5.74) is 2.62. The van der Waals surface area contributed by atoms with Crippen molar-refractivity contribution >= 4 is 45.6 Å². The van der Waals surface area contributed by atoms with Gasteiger partial charge < -0.3 is 4.57 Å². The van der Waals surface area contributed by atoms with Crippen molar-refractivity contribution in [1.82, 2.24) is 9.47 Å². The molecule has 7 nitrogen and oxygen atoms in total. The Bertz CT molecular complexity index is 1210. The molecule has 0 unspecified atom stereocenters. The van der Waals surface area contributed by atoms with Crippen LogP contribution in [-0.4, -0.2) is 31.6 Å². The van der Waals surface area contributed by atoms with Crippen LogP contribution in [0.25, 0.3) is 17.0 Å². The average molecular weight is 421 g/mol. The number of rotatable bonds is 5. The third-order valence-corrected chi connectivity index (χ3v) is 5.80. The van der Waals surface area contributed by atoms with Gasteiger partial charge in [0.05, 0.1) is 9.83 Å². The van der Waals surface area contributed by atoms with E-state index in [-0.39, 0.29) is 22.9 Å². The Kier molecular flexibility index (Phi) is 5.17. The van der Waals surface area contributed by atoms with Crippen LogP contribution in [0.3, 0.4) is 0 Å². The molecule has 2 heterocycles. The van der Waals surface area contributed by atoms with Crippen molar-refractivity contribution in [1.29, 1.82) is 0 Å². The fourth-order valence-corrected chi connectivity index (χ4v) is 4.50. The van der Waals surface area contributed by atoms with Crippen LogP contribution < -0.4 is 0 Å². The molecule has 0 spiro atoms. The van der Waals surface area contributed by atoms with Gasteiger partial charge in [-0.15, -0.1) is 0 Å². The van der Waals surface area contributed by atoms with Gasteiger partial charge in [0.1, 0.15) is 0 Å². The van der Waals surface area contributed by atoms with Gasteiger partial charge in [0, 0.05) is 47.4 Å². The maximum Gasteiger partial charge on any atom is 0.293 e. The van der Waals surface area contributed by atoms with Crippen LogP contribution >= 0.6 is 11.8 Å². The molecule has 1 aliphatic rings. The number of carbonyl (C=O) groups is 2. The molecule has 0 radical (unpaired) electrons. The van der Waals surface area contributed by atoms with Crippen LogP contribution in [-0.2, 0) is 11.3 Å². The highest BCUT2D eigenvalue weighted by atomic mass is 32.2. The van der Waals surface area contributed by atoms with E-state index in [2.05, 4.69) is 0 Å². The third-order valence-electron chi connectivity index (χ3n) is 4.92. The molecule has 152 valence electrons. The summed E-state index contributed by atoms with van der Waals surface area (Å²) in [6.45, 7) is 4.07. The summed E-state index contributed by atoms with van der Waals surface area (Å²) in [6.07, 6.45) is 3.66. The lowest BCUT2D eigenvalue weighted by atomic mass is 10.1. The van der Waals surface area contributed by atoms with E-state index in [4.69, 9.17) is 0 Å². The molecule has 1 aliphatic heterocycles. The highest BCUT2D eigenvalue weighted by molar-refractivity contribution is 8.18. The summed E-state index contributed by atoms with van der Waals surface area (Å²) < 4.78 is 1.99. The van der Waals surface area contributed by atoms with Gasteiger partial charge in [0.15, 0.2) is 0 Å². The fourth-order valence-electron chi connectivity index (χ4n) is 3.55. The second-order valence-corrected chi connectivity index (χ2v) is 8.30. The quantitative estimate of drug-likeness (QED) is 0.327. The molecular formula is C22H19N3O4S. The fraction of sp³-hybridized carbons (Fsp3) is 0.182. The smallest absolute Gasteiger partial charge is 0.293 e. The molecule has 30 heavy (non-hydrogen) atoms. The van der Waals surface area contributed by atoms with Gasteiger partial charge in [-0.05, 0) is 43.3 Å². The van der Waals surface area contributed by atoms with Crippen molar-refractivity contribution in [2.75, 3.05) is 0 Å². The summed E-state index contributed by atoms with van der Waals surface area (Å²) in [7, 11) is 0. The average Bonchev–Trinajstić information content (AvgIpc) is 3.19. The predicted octanol–water partition coefficient (Wildman–Crippen LogP) is 5.04. The van der Waals surface area contributed by atoms with Gasteiger partial charge in [-0.1, -0.05) is 30.3 Å². The van der Waals surface area contributed by atoms with Crippen molar-refractivity contribution in [3.05, 3.63) is 80.9 Å². The normalized spacial score (nSPS) is 15.7. The molecule has 1 fully saturated rings. The van der Waals surface area contributed by atoms with Gasteiger partial charge in [-0.3, -0.25) is 24.6 Å². The van der Waals surface area contributed by atoms with Crippen LogP contribution in [0.4, 0.5) is 10.5 Å². The lowest BCUT2D eigenvalue weighted by molar-refractivity contribution is -0.384. The Labute approximate surface area is 177 Å². The second-order valence-electron chi connectivity index (χ2n) is 7.30. The van der Waals surface area contributed by atoms with E-state index in [0.29, 0.717) is 11.4 Å². The molecule has 1 aromatic heterocycles. The number of nitro groups is 1. The first kappa shape index (κ1) is 19.9. The maximum atomic E-state index is 12.6. The van der Waals surface area contributed by atoms with Gasteiger partial charge in [-0.25, -0.2) is 0 Å². The Morgan fingerprint density at radius 3 is 2.60 bits per heavy atom. The van der Waals surface area contributed by atoms with Gasteiger partial charge in [0.2, 0.25) is 0 Å². The van der Waals surface area contributed by atoms with Gasteiger partial charge >= 0.3 is 0 Å². The van der Waals surface area contributed by atoms with E-state index >= 15 is 0 Å². The first-order valence-corrected chi connectivity index (χ1v) is 10.2. The molecular weight excluding hydrogens is 402 g/mol. The van der Waals surface area contributed by atoms with Gasteiger partial charge in [-0.2, -0.15) is 0 Å². The number of benzene rings is 2. The van der Waals surface area contributed by atoms with E-state index in [1.54, 1.807) is 18.2 Å². The second kappa shape index (κ2) is 7.79. The van der Waals surface area contributed by atoms with Crippen LogP contribution in [0.1, 0.15) is 25.0 Å². The van der Waals surface area contributed by atoms with Crippen LogP contribution in [0.15, 0.2) is 59.6 Å². The number of hydrogen-bond acceptors (Lipinski definition) is 5. The number of amides is 2. The zero-order valence-electron chi connectivity index (χ0n) is 16.4. The number of hydrogen-bond donors (Lipinski definition) is 0. The number of nitrogens with zero attached hydrogens (tertiary/aromatic N) is 3. The van der Waals surface area contributed by atoms with Crippen molar-refractivity contribution in [2.24, 2.45) is 0 Å². The Morgan fingerprint density at radius 1 is 1.13 bits per heavy atom. The molecule has 2 amide bonds. The van der Waals surface area contributed by atoms with E-state index in [1.807, 2.05) is 54.9 Å². The highest BCUT2D eigenvalue weighted by Gasteiger charge is 2.36. The monoisotopic (exact) mass is 421 g/mol. The predicted molar refractivity (Wildman–Crippen MR) is 117 cm³/mol. The third kappa shape index (κ3) is 3.61. The number of non-ortho nitro benzene ring substituents is 1. The molecule has 1 saturated heterocycles. The number of nitro benzene ring substituents is 1. The lowest BCUT2D eigenvalue weighted by Gasteiger charge is -2.16. The number of imide groups is 1. The number of para-hydroxylation sites is 1. The zero-order valence-corrected chi connectivity index (χ0v) is 17.3. The molecule has 0 N–H and O–H groups in total. The minimum absolute atomic E-state index is 0.0477. The number of thioether (sulfide) groups is 1. The Balaban J connectivity index is 1.73. The van der Waals surface area contributed by atoms with Crippen LogP contribution in [0, 0.1) is 10.1 Å². The molecule has 0 atom stereocenters. The molecule has 3 aromatic rings. The van der Waals surface area contributed by atoms with E-state index in [0.717, 1.165) is 33.8 Å². The lowest BCUT2D eigenvalue weighted by Crippen LogP contribution is -2.34. The maximum absolute atomic E-state index is 12.6. The molecule has 0 saturated carbocycles. The van der Waals surface area contributed by atoms with Crippen molar-refractivity contribution in [3.63, 3.8) is 0 Å². The van der Waals surface area contributed by atoms with Crippen molar-refractivity contribution in [2.45, 2.75) is 26.4 Å². The number of fused-ring (bicyclic) bond motifs is 1. The summed E-state index contributed by atoms with van der Waals surface area (Å²) in [4.78, 5) is 37.2. The van der Waals surface area contributed by atoms with Crippen molar-refractivity contribution < 1.29 is 14.5 Å². The highest BCUT2D eigenvalue weighted by Crippen LogP contribution is 2.35. The number of aromatic nitrogens is 1. The van der Waals surface area contributed by atoms with Crippen LogP contribution in [0.5, 0.6) is 0 Å². The Morgan fingerprint density at radius 2 is 1.90 bits per heavy atom. The summed E-state index contributed by atoms with van der Waals surface area (Å²) in [5, 5.41) is 11.8. The first-order valence-electron chi connectivity index (χ1n) is 9.43. The summed E-state index contributed by atoms with van der Waals surface area (Å²) >= 11 is 0.946. The van der Waals surface area contributed by atoms with E-state index in [1.165, 1.54) is 11.0 Å². The number of carbonyl (C=O) groups excluding carboxylic acids is 2. The van der Waals surface area contributed by atoms with E-state index in [9.17, 15) is 19.7 Å². The summed E-state index contributed by atoms with van der Waals surface area (Å²) in [6, 6.07) is 14.1. The van der Waals surface area contributed by atoms with E-state index < -0.39 is 4.92 Å².